The molecule has 102 valence electrons. The highest BCUT2D eigenvalue weighted by Gasteiger charge is 2.23. The Hall–Kier alpha value is -0.690. The SMILES string of the molecule is Cc1ccc(S(=O)(=O)N(C)Cc2cccs2)c(Br)c1. The minimum Gasteiger partial charge on any atom is -0.207 e. The summed E-state index contributed by atoms with van der Waals surface area (Å²) in [4.78, 5) is 1.33. The Kier molecular flexibility index (Phi) is 4.45. The van der Waals surface area contributed by atoms with Crippen molar-refractivity contribution in [2.45, 2.75) is 18.4 Å². The highest BCUT2D eigenvalue weighted by Crippen LogP contribution is 2.26. The second-order valence-electron chi connectivity index (χ2n) is 4.27. The van der Waals surface area contributed by atoms with E-state index in [-0.39, 0.29) is 0 Å². The number of thiophene rings is 1. The van der Waals surface area contributed by atoms with Crippen molar-refractivity contribution < 1.29 is 8.42 Å². The van der Waals surface area contributed by atoms with Gasteiger partial charge in [-0.15, -0.1) is 11.3 Å². The van der Waals surface area contributed by atoms with Gasteiger partial charge in [-0.05, 0) is 52.0 Å². The van der Waals surface area contributed by atoms with Gasteiger partial charge < -0.3 is 0 Å². The summed E-state index contributed by atoms with van der Waals surface area (Å²) in [7, 11) is -1.87. The molecule has 0 unspecified atom stereocenters. The van der Waals surface area contributed by atoms with E-state index in [1.54, 1.807) is 30.5 Å². The second-order valence-corrected chi connectivity index (χ2v) is 8.17. The van der Waals surface area contributed by atoms with Crippen molar-refractivity contribution in [1.82, 2.24) is 4.31 Å². The molecule has 2 rings (SSSR count). The van der Waals surface area contributed by atoms with E-state index < -0.39 is 10.0 Å². The maximum absolute atomic E-state index is 12.5. The molecule has 19 heavy (non-hydrogen) atoms. The van der Waals surface area contributed by atoms with E-state index >= 15 is 0 Å². The first kappa shape index (κ1) is 14.7. The number of sulfonamides is 1. The van der Waals surface area contributed by atoms with E-state index in [9.17, 15) is 8.42 Å². The maximum atomic E-state index is 12.5. The number of rotatable bonds is 4. The molecule has 0 aliphatic rings. The fraction of sp³-hybridized carbons (Fsp3) is 0.231. The number of nitrogens with zero attached hydrogens (tertiary/aromatic N) is 1. The quantitative estimate of drug-likeness (QED) is 0.835. The zero-order chi connectivity index (χ0) is 14.0. The summed E-state index contributed by atoms with van der Waals surface area (Å²) in [5.41, 5.74) is 1.02. The van der Waals surface area contributed by atoms with Gasteiger partial charge in [-0.25, -0.2) is 8.42 Å². The standard InChI is InChI=1S/C13H14BrNO2S2/c1-10-5-6-13(12(14)8-10)19(16,17)15(2)9-11-4-3-7-18-11/h3-8H,9H2,1-2H3. The summed E-state index contributed by atoms with van der Waals surface area (Å²) in [6, 6.07) is 9.10. The van der Waals surface area contributed by atoms with E-state index in [1.807, 2.05) is 30.5 Å². The van der Waals surface area contributed by atoms with Crippen molar-refractivity contribution in [3.8, 4) is 0 Å². The third-order valence-corrected chi connectivity index (χ3v) is 6.38. The third kappa shape index (κ3) is 3.25. The van der Waals surface area contributed by atoms with Crippen LogP contribution in [0.4, 0.5) is 0 Å². The van der Waals surface area contributed by atoms with Crippen LogP contribution in [0.2, 0.25) is 0 Å². The molecule has 1 heterocycles. The zero-order valence-corrected chi connectivity index (χ0v) is 13.8. The van der Waals surface area contributed by atoms with Gasteiger partial charge in [0.25, 0.3) is 0 Å². The topological polar surface area (TPSA) is 37.4 Å². The Morgan fingerprint density at radius 1 is 1.32 bits per heavy atom. The molecule has 0 amide bonds. The van der Waals surface area contributed by atoms with Crippen molar-refractivity contribution in [1.29, 1.82) is 0 Å². The Morgan fingerprint density at radius 2 is 2.05 bits per heavy atom. The first-order valence-corrected chi connectivity index (χ1v) is 8.77. The van der Waals surface area contributed by atoms with Gasteiger partial charge in [-0.3, -0.25) is 0 Å². The number of hydrogen-bond acceptors (Lipinski definition) is 3. The van der Waals surface area contributed by atoms with Gasteiger partial charge in [0.2, 0.25) is 10.0 Å². The van der Waals surface area contributed by atoms with Gasteiger partial charge in [0, 0.05) is 22.9 Å². The molecule has 1 aromatic carbocycles. The first-order chi connectivity index (χ1) is 8.91. The van der Waals surface area contributed by atoms with Crippen LogP contribution in [0, 0.1) is 6.92 Å². The number of hydrogen-bond donors (Lipinski definition) is 0. The van der Waals surface area contributed by atoms with Crippen LogP contribution in [-0.4, -0.2) is 19.8 Å². The summed E-state index contributed by atoms with van der Waals surface area (Å²) >= 11 is 4.88. The molecular formula is C13H14BrNO2S2. The lowest BCUT2D eigenvalue weighted by Gasteiger charge is -2.17. The molecule has 1 aromatic heterocycles. The summed E-state index contributed by atoms with van der Waals surface area (Å²) < 4.78 is 27.0. The van der Waals surface area contributed by atoms with Crippen LogP contribution >= 0.6 is 27.3 Å². The van der Waals surface area contributed by atoms with Gasteiger partial charge in [-0.2, -0.15) is 4.31 Å². The minimum atomic E-state index is -3.47. The van der Waals surface area contributed by atoms with Crippen LogP contribution in [0.5, 0.6) is 0 Å². The highest BCUT2D eigenvalue weighted by molar-refractivity contribution is 9.10. The lowest BCUT2D eigenvalue weighted by molar-refractivity contribution is 0.469. The molecule has 6 heteroatoms. The largest absolute Gasteiger partial charge is 0.244 e. The number of benzene rings is 1. The van der Waals surface area contributed by atoms with E-state index in [0.717, 1.165) is 10.4 Å². The second kappa shape index (κ2) is 5.75. The van der Waals surface area contributed by atoms with E-state index in [4.69, 9.17) is 0 Å². The summed E-state index contributed by atoms with van der Waals surface area (Å²) in [6.07, 6.45) is 0. The summed E-state index contributed by atoms with van der Waals surface area (Å²) in [5, 5.41) is 1.94. The molecule has 3 nitrogen and oxygen atoms in total. The molecule has 0 saturated carbocycles. The summed E-state index contributed by atoms with van der Waals surface area (Å²) in [5.74, 6) is 0. The lowest BCUT2D eigenvalue weighted by Crippen LogP contribution is -2.26. The van der Waals surface area contributed by atoms with Crippen molar-refractivity contribution in [3.05, 3.63) is 50.6 Å². The van der Waals surface area contributed by atoms with Crippen LogP contribution in [-0.2, 0) is 16.6 Å². The fourth-order valence-electron chi connectivity index (χ4n) is 1.69. The average molecular weight is 360 g/mol. The van der Waals surface area contributed by atoms with E-state index in [1.165, 1.54) is 4.31 Å². The van der Waals surface area contributed by atoms with Gasteiger partial charge in [0.1, 0.15) is 0 Å². The molecule has 0 aliphatic heterocycles. The predicted molar refractivity (Wildman–Crippen MR) is 81.9 cm³/mol. The van der Waals surface area contributed by atoms with Crippen molar-refractivity contribution in [2.75, 3.05) is 7.05 Å². The molecule has 0 bridgehead atoms. The molecule has 0 N–H and O–H groups in total. The average Bonchev–Trinajstić information content (AvgIpc) is 2.81. The normalized spacial score (nSPS) is 12.0. The van der Waals surface area contributed by atoms with Crippen LogP contribution in [0.15, 0.2) is 45.1 Å². The molecular weight excluding hydrogens is 346 g/mol. The van der Waals surface area contributed by atoms with Crippen molar-refractivity contribution in [3.63, 3.8) is 0 Å². The highest BCUT2D eigenvalue weighted by atomic mass is 79.9. The fourth-order valence-corrected chi connectivity index (χ4v) is 4.83. The molecule has 0 atom stereocenters. The molecule has 0 spiro atoms. The van der Waals surface area contributed by atoms with Crippen LogP contribution in [0.1, 0.15) is 10.4 Å². The molecule has 0 aliphatic carbocycles. The number of halogens is 1. The predicted octanol–water partition coefficient (Wildman–Crippen LogP) is 3.64. The van der Waals surface area contributed by atoms with E-state index in [2.05, 4.69) is 15.9 Å². The van der Waals surface area contributed by atoms with Crippen LogP contribution in [0.25, 0.3) is 0 Å². The van der Waals surface area contributed by atoms with Gasteiger partial charge in [0.15, 0.2) is 0 Å². The molecule has 0 radical (unpaired) electrons. The molecule has 0 saturated heterocycles. The van der Waals surface area contributed by atoms with Crippen molar-refractivity contribution >= 4 is 37.3 Å². The third-order valence-electron chi connectivity index (χ3n) is 2.73. The molecule has 0 fully saturated rings. The van der Waals surface area contributed by atoms with Crippen LogP contribution < -0.4 is 0 Å². The Balaban J connectivity index is 2.31. The monoisotopic (exact) mass is 359 g/mol. The lowest BCUT2D eigenvalue weighted by atomic mass is 10.2. The summed E-state index contributed by atoms with van der Waals surface area (Å²) in [6.45, 7) is 2.32. The molecule has 2 aromatic rings. The number of aryl methyl sites for hydroxylation is 1. The maximum Gasteiger partial charge on any atom is 0.244 e. The van der Waals surface area contributed by atoms with Gasteiger partial charge in [0.05, 0.1) is 4.90 Å². The Morgan fingerprint density at radius 3 is 2.63 bits per heavy atom. The Bertz CT molecular complexity index is 666. The smallest absolute Gasteiger partial charge is 0.207 e. The zero-order valence-electron chi connectivity index (χ0n) is 10.6. The van der Waals surface area contributed by atoms with Gasteiger partial charge >= 0.3 is 0 Å². The van der Waals surface area contributed by atoms with Gasteiger partial charge in [-0.1, -0.05) is 12.1 Å². The van der Waals surface area contributed by atoms with Crippen molar-refractivity contribution in [2.24, 2.45) is 0 Å². The minimum absolute atomic E-state index is 0.303. The first-order valence-electron chi connectivity index (χ1n) is 5.66. The van der Waals surface area contributed by atoms with Crippen LogP contribution in [0.3, 0.4) is 0 Å². The van der Waals surface area contributed by atoms with E-state index in [0.29, 0.717) is 15.9 Å². The Labute approximate surface area is 126 Å².